The molecule has 1 unspecified atom stereocenters. The number of hydrogen-bond donors (Lipinski definition) is 1. The van der Waals surface area contributed by atoms with Crippen LogP contribution < -0.4 is 9.62 Å². The third-order valence-electron chi connectivity index (χ3n) is 3.35. The third-order valence-corrected chi connectivity index (χ3v) is 6.99. The molecule has 0 fully saturated rings. The van der Waals surface area contributed by atoms with Crippen LogP contribution in [0, 0.1) is 5.82 Å². The fourth-order valence-electron chi connectivity index (χ4n) is 2.29. The van der Waals surface area contributed by atoms with E-state index in [9.17, 15) is 17.6 Å². The summed E-state index contributed by atoms with van der Waals surface area (Å²) in [6.45, 7) is 1.41. The van der Waals surface area contributed by atoms with E-state index < -0.39 is 27.8 Å². The average molecular weight is 395 g/mol. The summed E-state index contributed by atoms with van der Waals surface area (Å²) in [6, 6.07) is 3.63. The molecule has 23 heavy (non-hydrogen) atoms. The molecule has 2 aromatic rings. The van der Waals surface area contributed by atoms with Crippen LogP contribution >= 0.6 is 34.5 Å². The number of benzene rings is 1. The summed E-state index contributed by atoms with van der Waals surface area (Å²) in [5.41, 5.74) is 0.242. The third kappa shape index (κ3) is 2.69. The Morgan fingerprint density at radius 3 is 2.61 bits per heavy atom. The van der Waals surface area contributed by atoms with Gasteiger partial charge in [-0.1, -0.05) is 23.2 Å². The van der Waals surface area contributed by atoms with Crippen molar-refractivity contribution in [3.63, 3.8) is 0 Å². The molecule has 0 saturated carbocycles. The van der Waals surface area contributed by atoms with E-state index in [2.05, 4.69) is 5.32 Å². The number of amides is 1. The molecule has 5 nitrogen and oxygen atoms in total. The fourth-order valence-corrected chi connectivity index (χ4v) is 6.04. The second kappa shape index (κ2) is 5.62. The first-order valence-corrected chi connectivity index (χ1v) is 9.33. The van der Waals surface area contributed by atoms with Crippen molar-refractivity contribution in [2.45, 2.75) is 17.9 Å². The van der Waals surface area contributed by atoms with Gasteiger partial charge in [-0.2, -0.15) is 0 Å². The average Bonchev–Trinajstić information content (AvgIpc) is 2.80. The molecule has 0 saturated heterocycles. The zero-order valence-corrected chi connectivity index (χ0v) is 14.7. The lowest BCUT2D eigenvalue weighted by molar-refractivity contribution is -0.117. The van der Waals surface area contributed by atoms with Crippen LogP contribution in [-0.2, 0) is 14.8 Å². The van der Waals surface area contributed by atoms with Gasteiger partial charge in [0.2, 0.25) is 5.91 Å². The van der Waals surface area contributed by atoms with Gasteiger partial charge in [0.25, 0.3) is 10.0 Å². The summed E-state index contributed by atoms with van der Waals surface area (Å²) >= 11 is 12.7. The predicted molar refractivity (Wildman–Crippen MR) is 88.5 cm³/mol. The molecular formula is C13H9Cl2FN2O3S2. The van der Waals surface area contributed by atoms with Crippen LogP contribution in [0.5, 0.6) is 0 Å². The number of sulfonamides is 1. The van der Waals surface area contributed by atoms with Crippen LogP contribution in [0.3, 0.4) is 0 Å². The first-order chi connectivity index (χ1) is 10.7. The van der Waals surface area contributed by atoms with E-state index in [0.29, 0.717) is 0 Å². The van der Waals surface area contributed by atoms with Gasteiger partial charge in [-0.05, 0) is 25.1 Å². The van der Waals surface area contributed by atoms with E-state index in [1.165, 1.54) is 19.1 Å². The minimum Gasteiger partial charge on any atom is -0.322 e. The molecule has 1 amide bonds. The quantitative estimate of drug-likeness (QED) is 0.843. The maximum absolute atomic E-state index is 13.6. The molecule has 1 aromatic carbocycles. The Labute approximate surface area is 145 Å². The van der Waals surface area contributed by atoms with Gasteiger partial charge in [0.1, 0.15) is 21.1 Å². The minimum absolute atomic E-state index is 0.0221. The monoisotopic (exact) mass is 394 g/mol. The summed E-state index contributed by atoms with van der Waals surface area (Å²) in [4.78, 5) is 11.8. The number of nitrogens with zero attached hydrogens (tertiary/aromatic N) is 1. The lowest BCUT2D eigenvalue weighted by atomic mass is 10.1. The first kappa shape index (κ1) is 16.5. The smallest absolute Gasteiger partial charge is 0.267 e. The highest BCUT2D eigenvalue weighted by Crippen LogP contribution is 2.41. The number of rotatable bonds is 2. The van der Waals surface area contributed by atoms with Crippen molar-refractivity contribution in [1.82, 2.24) is 0 Å². The van der Waals surface area contributed by atoms with Crippen LogP contribution in [-0.4, -0.2) is 20.4 Å². The highest BCUT2D eigenvalue weighted by molar-refractivity contribution is 7.93. The van der Waals surface area contributed by atoms with Gasteiger partial charge in [0.15, 0.2) is 0 Å². The van der Waals surface area contributed by atoms with Crippen molar-refractivity contribution in [3.8, 4) is 0 Å². The fraction of sp³-hybridized carbons (Fsp3) is 0.154. The number of anilines is 2. The molecule has 1 aliphatic rings. The molecular weight excluding hydrogens is 386 g/mol. The molecule has 10 heteroatoms. The van der Waals surface area contributed by atoms with Crippen LogP contribution in [0.4, 0.5) is 15.8 Å². The zero-order valence-electron chi connectivity index (χ0n) is 11.5. The van der Waals surface area contributed by atoms with Crippen LogP contribution in [0.2, 0.25) is 8.67 Å². The Bertz CT molecular complexity index is 914. The SMILES string of the molecule is CC1C(=O)Nc2ccc(F)cc2N1S(=O)(=O)c1cc(Cl)sc1Cl. The van der Waals surface area contributed by atoms with Crippen LogP contribution in [0.15, 0.2) is 29.2 Å². The summed E-state index contributed by atoms with van der Waals surface area (Å²) in [7, 11) is -4.18. The standard InChI is InChI=1S/C13H9Cl2FN2O3S2/c1-6-13(19)17-8-3-2-7(16)4-9(8)18(6)23(20,21)10-5-11(14)22-12(10)15/h2-6H,1H3,(H,17,19). The highest BCUT2D eigenvalue weighted by atomic mass is 35.5. The molecule has 0 radical (unpaired) electrons. The van der Waals surface area contributed by atoms with Gasteiger partial charge in [0, 0.05) is 6.07 Å². The van der Waals surface area contributed by atoms with E-state index in [1.807, 2.05) is 0 Å². The van der Waals surface area contributed by atoms with Crippen molar-refractivity contribution in [2.75, 3.05) is 9.62 Å². The summed E-state index contributed by atoms with van der Waals surface area (Å²) in [5, 5.41) is 2.54. The van der Waals surface area contributed by atoms with E-state index >= 15 is 0 Å². The number of thiophene rings is 1. The van der Waals surface area contributed by atoms with Crippen molar-refractivity contribution in [2.24, 2.45) is 0 Å². The molecule has 3 rings (SSSR count). The van der Waals surface area contributed by atoms with E-state index in [0.717, 1.165) is 27.8 Å². The van der Waals surface area contributed by atoms with Crippen molar-refractivity contribution in [3.05, 3.63) is 38.8 Å². The lowest BCUT2D eigenvalue weighted by Crippen LogP contribution is -2.49. The van der Waals surface area contributed by atoms with Crippen LogP contribution in [0.1, 0.15) is 6.92 Å². The largest absolute Gasteiger partial charge is 0.322 e. The van der Waals surface area contributed by atoms with E-state index in [4.69, 9.17) is 23.2 Å². The van der Waals surface area contributed by atoms with Crippen molar-refractivity contribution < 1.29 is 17.6 Å². The molecule has 1 aromatic heterocycles. The number of carbonyl (C=O) groups is 1. The van der Waals surface area contributed by atoms with Gasteiger partial charge in [-0.25, -0.2) is 12.8 Å². The second-order valence-electron chi connectivity index (χ2n) is 4.82. The highest BCUT2D eigenvalue weighted by Gasteiger charge is 2.40. The molecule has 0 bridgehead atoms. The summed E-state index contributed by atoms with van der Waals surface area (Å²) in [6.07, 6.45) is 0. The van der Waals surface area contributed by atoms with E-state index in [1.54, 1.807) is 0 Å². The first-order valence-electron chi connectivity index (χ1n) is 6.31. The number of carbonyl (C=O) groups excluding carboxylic acids is 1. The number of nitrogens with one attached hydrogen (secondary N) is 1. The van der Waals surface area contributed by atoms with Gasteiger partial charge >= 0.3 is 0 Å². The number of hydrogen-bond acceptors (Lipinski definition) is 4. The Kier molecular flexibility index (Phi) is 4.04. The molecule has 1 N–H and O–H groups in total. The normalized spacial score (nSPS) is 17.8. The Balaban J connectivity index is 2.24. The molecule has 1 aliphatic heterocycles. The number of halogens is 3. The van der Waals surface area contributed by atoms with Crippen molar-refractivity contribution in [1.29, 1.82) is 0 Å². The van der Waals surface area contributed by atoms with Crippen LogP contribution in [0.25, 0.3) is 0 Å². The Morgan fingerprint density at radius 2 is 2.00 bits per heavy atom. The predicted octanol–water partition coefficient (Wildman–Crippen LogP) is 3.73. The van der Waals surface area contributed by atoms with Gasteiger partial charge in [0.05, 0.1) is 15.7 Å². The maximum Gasteiger partial charge on any atom is 0.267 e. The van der Waals surface area contributed by atoms with Crippen molar-refractivity contribution >= 4 is 61.8 Å². The zero-order chi connectivity index (χ0) is 16.9. The Morgan fingerprint density at radius 1 is 1.30 bits per heavy atom. The maximum atomic E-state index is 13.6. The van der Waals surface area contributed by atoms with E-state index in [-0.39, 0.29) is 24.9 Å². The summed E-state index contributed by atoms with van der Waals surface area (Å²) in [5.74, 6) is -1.15. The molecule has 1 atom stereocenters. The molecule has 0 spiro atoms. The van der Waals surface area contributed by atoms with Gasteiger partial charge in [-0.3, -0.25) is 9.10 Å². The number of fused-ring (bicyclic) bond motifs is 1. The molecule has 2 heterocycles. The molecule has 0 aliphatic carbocycles. The molecule has 122 valence electrons. The minimum atomic E-state index is -4.18. The second-order valence-corrected chi connectivity index (χ2v) is 8.88. The summed E-state index contributed by atoms with van der Waals surface area (Å²) < 4.78 is 40.5. The topological polar surface area (TPSA) is 66.5 Å². The van der Waals surface area contributed by atoms with Gasteiger partial charge < -0.3 is 5.32 Å². The Hall–Kier alpha value is -1.35. The lowest BCUT2D eigenvalue weighted by Gasteiger charge is -2.35. The van der Waals surface area contributed by atoms with Gasteiger partial charge in [-0.15, -0.1) is 11.3 Å².